The van der Waals surface area contributed by atoms with Crippen molar-refractivity contribution in [2.45, 2.75) is 31.8 Å². The molecule has 1 aromatic carbocycles. The van der Waals surface area contributed by atoms with Gasteiger partial charge in [-0.05, 0) is 24.0 Å². The Morgan fingerprint density at radius 1 is 1.30 bits per heavy atom. The van der Waals surface area contributed by atoms with Gasteiger partial charge in [-0.15, -0.1) is 0 Å². The average molecular weight is 273 g/mol. The van der Waals surface area contributed by atoms with Crippen molar-refractivity contribution < 1.29 is 4.74 Å². The molecule has 0 radical (unpaired) electrons. The van der Waals surface area contributed by atoms with Crippen molar-refractivity contribution in [3.63, 3.8) is 0 Å². The molecule has 108 valence electrons. The van der Waals surface area contributed by atoms with Crippen LogP contribution in [0.3, 0.4) is 0 Å². The SMILES string of the molecule is CN=C(NCCC1CC1)NCC1Cc2ccccc2O1. The maximum atomic E-state index is 5.91. The third kappa shape index (κ3) is 3.44. The number of para-hydroxylation sites is 1. The van der Waals surface area contributed by atoms with Crippen LogP contribution in [-0.2, 0) is 6.42 Å². The summed E-state index contributed by atoms with van der Waals surface area (Å²) < 4.78 is 5.91. The van der Waals surface area contributed by atoms with Crippen LogP contribution in [-0.4, -0.2) is 32.2 Å². The lowest BCUT2D eigenvalue weighted by molar-refractivity contribution is 0.235. The first kappa shape index (κ1) is 13.3. The summed E-state index contributed by atoms with van der Waals surface area (Å²) >= 11 is 0. The molecule has 1 aromatic rings. The molecule has 1 aliphatic heterocycles. The number of aliphatic imine (C=N–C) groups is 1. The van der Waals surface area contributed by atoms with Gasteiger partial charge in [-0.25, -0.2) is 0 Å². The number of fused-ring (bicyclic) bond motifs is 1. The van der Waals surface area contributed by atoms with Gasteiger partial charge in [0.2, 0.25) is 0 Å². The molecule has 0 amide bonds. The molecule has 2 aliphatic rings. The molecule has 1 unspecified atom stereocenters. The summed E-state index contributed by atoms with van der Waals surface area (Å²) in [5.41, 5.74) is 1.30. The summed E-state index contributed by atoms with van der Waals surface area (Å²) in [6.07, 6.45) is 5.24. The Morgan fingerprint density at radius 3 is 2.90 bits per heavy atom. The highest BCUT2D eigenvalue weighted by Gasteiger charge is 2.23. The van der Waals surface area contributed by atoms with Gasteiger partial charge in [0, 0.05) is 20.0 Å². The van der Waals surface area contributed by atoms with Gasteiger partial charge in [0.15, 0.2) is 5.96 Å². The van der Waals surface area contributed by atoms with E-state index < -0.39 is 0 Å². The number of ether oxygens (including phenoxy) is 1. The Labute approximate surface area is 120 Å². The van der Waals surface area contributed by atoms with Crippen LogP contribution in [0.2, 0.25) is 0 Å². The molecule has 0 saturated heterocycles. The Morgan fingerprint density at radius 2 is 2.15 bits per heavy atom. The van der Waals surface area contributed by atoms with Crippen molar-refractivity contribution in [2.24, 2.45) is 10.9 Å². The zero-order valence-corrected chi connectivity index (χ0v) is 12.1. The van der Waals surface area contributed by atoms with Crippen molar-refractivity contribution in [1.82, 2.24) is 10.6 Å². The van der Waals surface area contributed by atoms with Crippen molar-refractivity contribution in [3.8, 4) is 5.75 Å². The van der Waals surface area contributed by atoms with Crippen molar-refractivity contribution in [2.75, 3.05) is 20.1 Å². The van der Waals surface area contributed by atoms with Crippen LogP contribution in [0.25, 0.3) is 0 Å². The first-order valence-corrected chi connectivity index (χ1v) is 7.54. The lowest BCUT2D eigenvalue weighted by Crippen LogP contribution is -2.42. The standard InChI is InChI=1S/C16H23N3O/c1-17-16(18-9-8-12-6-7-12)19-11-14-10-13-4-2-3-5-15(13)20-14/h2-5,12,14H,6-11H2,1H3,(H2,17,18,19). The van der Waals surface area contributed by atoms with Crippen LogP contribution >= 0.6 is 0 Å². The van der Waals surface area contributed by atoms with Crippen LogP contribution in [0.4, 0.5) is 0 Å². The van der Waals surface area contributed by atoms with E-state index in [0.717, 1.165) is 37.1 Å². The molecule has 20 heavy (non-hydrogen) atoms. The molecular weight excluding hydrogens is 250 g/mol. The number of nitrogens with zero attached hydrogens (tertiary/aromatic N) is 1. The largest absolute Gasteiger partial charge is 0.488 e. The van der Waals surface area contributed by atoms with Crippen LogP contribution in [0.5, 0.6) is 5.75 Å². The third-order valence-corrected chi connectivity index (χ3v) is 3.98. The number of benzene rings is 1. The molecule has 4 heteroatoms. The van der Waals surface area contributed by atoms with Crippen molar-refractivity contribution >= 4 is 5.96 Å². The average Bonchev–Trinajstić information content (AvgIpc) is 3.19. The van der Waals surface area contributed by atoms with Gasteiger partial charge < -0.3 is 15.4 Å². The molecule has 0 bridgehead atoms. The van der Waals surface area contributed by atoms with E-state index >= 15 is 0 Å². The summed E-state index contributed by atoms with van der Waals surface area (Å²) in [5.74, 6) is 2.86. The van der Waals surface area contributed by atoms with Gasteiger partial charge in [0.25, 0.3) is 0 Å². The predicted molar refractivity (Wildman–Crippen MR) is 81.3 cm³/mol. The molecular formula is C16H23N3O. The van der Waals surface area contributed by atoms with Crippen LogP contribution in [0.1, 0.15) is 24.8 Å². The summed E-state index contributed by atoms with van der Waals surface area (Å²) in [6.45, 7) is 1.80. The molecule has 2 N–H and O–H groups in total. The minimum atomic E-state index is 0.203. The zero-order valence-electron chi connectivity index (χ0n) is 12.1. The summed E-state index contributed by atoms with van der Waals surface area (Å²) in [7, 11) is 1.82. The molecule has 4 nitrogen and oxygen atoms in total. The Balaban J connectivity index is 1.40. The molecule has 3 rings (SSSR count). The topological polar surface area (TPSA) is 45.7 Å². The van der Waals surface area contributed by atoms with E-state index in [-0.39, 0.29) is 6.10 Å². The second-order valence-corrected chi connectivity index (χ2v) is 5.66. The third-order valence-electron chi connectivity index (χ3n) is 3.98. The van der Waals surface area contributed by atoms with E-state index in [1.807, 2.05) is 19.2 Å². The fourth-order valence-electron chi connectivity index (χ4n) is 2.60. The minimum absolute atomic E-state index is 0.203. The molecule has 1 saturated carbocycles. The number of guanidine groups is 1. The summed E-state index contributed by atoms with van der Waals surface area (Å²) in [5, 5.41) is 6.72. The Bertz CT molecular complexity index is 457. The smallest absolute Gasteiger partial charge is 0.191 e. The van der Waals surface area contributed by atoms with Gasteiger partial charge in [0.05, 0.1) is 6.54 Å². The minimum Gasteiger partial charge on any atom is -0.488 e. The Hall–Kier alpha value is -1.71. The van der Waals surface area contributed by atoms with Crippen molar-refractivity contribution in [1.29, 1.82) is 0 Å². The van der Waals surface area contributed by atoms with Crippen LogP contribution in [0, 0.1) is 5.92 Å². The van der Waals surface area contributed by atoms with E-state index in [2.05, 4.69) is 27.8 Å². The highest BCUT2D eigenvalue weighted by atomic mass is 16.5. The highest BCUT2D eigenvalue weighted by Crippen LogP contribution is 2.31. The van der Waals surface area contributed by atoms with Crippen molar-refractivity contribution in [3.05, 3.63) is 29.8 Å². The quantitative estimate of drug-likeness (QED) is 0.637. The lowest BCUT2D eigenvalue weighted by Gasteiger charge is -2.15. The molecule has 1 fully saturated rings. The highest BCUT2D eigenvalue weighted by molar-refractivity contribution is 5.79. The fraction of sp³-hybridized carbons (Fsp3) is 0.562. The fourth-order valence-corrected chi connectivity index (χ4v) is 2.60. The first-order valence-electron chi connectivity index (χ1n) is 7.54. The van der Waals surface area contributed by atoms with Gasteiger partial charge in [-0.2, -0.15) is 0 Å². The van der Waals surface area contributed by atoms with E-state index in [4.69, 9.17) is 4.74 Å². The van der Waals surface area contributed by atoms with E-state index in [1.54, 1.807) is 0 Å². The van der Waals surface area contributed by atoms with E-state index in [9.17, 15) is 0 Å². The monoisotopic (exact) mass is 273 g/mol. The summed E-state index contributed by atoms with van der Waals surface area (Å²) in [4.78, 5) is 4.25. The molecule has 0 aromatic heterocycles. The normalized spacial score (nSPS) is 21.2. The lowest BCUT2D eigenvalue weighted by atomic mass is 10.1. The van der Waals surface area contributed by atoms with E-state index in [1.165, 1.54) is 24.8 Å². The molecule has 1 atom stereocenters. The van der Waals surface area contributed by atoms with Crippen LogP contribution in [0.15, 0.2) is 29.3 Å². The maximum Gasteiger partial charge on any atom is 0.191 e. The number of nitrogens with one attached hydrogen (secondary N) is 2. The number of rotatable bonds is 5. The second-order valence-electron chi connectivity index (χ2n) is 5.66. The van der Waals surface area contributed by atoms with E-state index in [0.29, 0.717) is 0 Å². The second kappa shape index (κ2) is 6.16. The predicted octanol–water partition coefficient (Wildman–Crippen LogP) is 1.96. The first-order chi connectivity index (χ1) is 9.85. The van der Waals surface area contributed by atoms with Gasteiger partial charge in [-0.3, -0.25) is 4.99 Å². The Kier molecular flexibility index (Phi) is 4.09. The summed E-state index contributed by atoms with van der Waals surface area (Å²) in [6, 6.07) is 8.26. The zero-order chi connectivity index (χ0) is 13.8. The molecule has 1 heterocycles. The molecule has 1 aliphatic carbocycles. The van der Waals surface area contributed by atoms with Gasteiger partial charge in [0.1, 0.15) is 11.9 Å². The van der Waals surface area contributed by atoms with Crippen LogP contribution < -0.4 is 15.4 Å². The number of hydrogen-bond donors (Lipinski definition) is 2. The maximum absolute atomic E-state index is 5.91. The van der Waals surface area contributed by atoms with Gasteiger partial charge in [-0.1, -0.05) is 31.0 Å². The van der Waals surface area contributed by atoms with Gasteiger partial charge >= 0.3 is 0 Å². The number of hydrogen-bond acceptors (Lipinski definition) is 2. The molecule has 0 spiro atoms.